The maximum atomic E-state index is 13.4. The molecule has 4 nitrogen and oxygen atoms in total. The summed E-state index contributed by atoms with van der Waals surface area (Å²) >= 11 is 0. The molecule has 2 atom stereocenters. The highest BCUT2D eigenvalue weighted by Gasteiger charge is 2.23. The maximum absolute atomic E-state index is 13.4. The summed E-state index contributed by atoms with van der Waals surface area (Å²) < 4.78 is 26.2. The predicted octanol–water partition coefficient (Wildman–Crippen LogP) is 1.52. The summed E-state index contributed by atoms with van der Waals surface area (Å²) in [7, 11) is 0. The first kappa shape index (κ1) is 16.1. The zero-order valence-electron chi connectivity index (χ0n) is 11.5. The van der Waals surface area contributed by atoms with Gasteiger partial charge in [0, 0.05) is 6.07 Å². The molecule has 0 bridgehead atoms. The van der Waals surface area contributed by atoms with Crippen molar-refractivity contribution in [2.24, 2.45) is 11.7 Å². The number of carbonyl (C=O) groups excluding carboxylic acids is 2. The predicted molar refractivity (Wildman–Crippen MR) is 70.6 cm³/mol. The second-order valence-electron chi connectivity index (χ2n) is 4.75. The van der Waals surface area contributed by atoms with Gasteiger partial charge in [0.1, 0.15) is 17.7 Å². The highest BCUT2D eigenvalue weighted by Crippen LogP contribution is 2.11. The van der Waals surface area contributed by atoms with Gasteiger partial charge in [-0.2, -0.15) is 0 Å². The number of hydrogen-bond donors (Lipinski definition) is 2. The number of hydrogen-bond acceptors (Lipinski definition) is 2. The Hall–Kier alpha value is -1.98. The first-order valence-corrected chi connectivity index (χ1v) is 6.37. The van der Waals surface area contributed by atoms with Crippen LogP contribution in [0.2, 0.25) is 0 Å². The standard InChI is InChI=1S/C14H18F2N2O2/c1-3-8(2)13(14(17)20)18-12(19)6-9-4-5-10(15)7-11(9)16/h4-5,7-8,13H,3,6H2,1-2H3,(H2,17,20)(H,18,19)/t8-,13-/m1/s1. The Morgan fingerprint density at radius 1 is 1.35 bits per heavy atom. The molecule has 6 heteroatoms. The first-order chi connectivity index (χ1) is 9.35. The minimum absolute atomic E-state index is 0.0660. The lowest BCUT2D eigenvalue weighted by molar-refractivity contribution is -0.128. The van der Waals surface area contributed by atoms with Crippen molar-refractivity contribution >= 4 is 11.8 Å². The van der Waals surface area contributed by atoms with Crippen LogP contribution in [0.3, 0.4) is 0 Å². The van der Waals surface area contributed by atoms with Gasteiger partial charge in [0.25, 0.3) is 0 Å². The van der Waals surface area contributed by atoms with Gasteiger partial charge in [-0.25, -0.2) is 8.78 Å². The molecule has 0 aliphatic carbocycles. The van der Waals surface area contributed by atoms with Gasteiger partial charge >= 0.3 is 0 Å². The van der Waals surface area contributed by atoms with Crippen LogP contribution in [0.25, 0.3) is 0 Å². The fourth-order valence-corrected chi connectivity index (χ4v) is 1.79. The molecule has 0 saturated carbocycles. The molecule has 0 aliphatic rings. The molecule has 0 aromatic heterocycles. The highest BCUT2D eigenvalue weighted by atomic mass is 19.1. The Morgan fingerprint density at radius 3 is 2.50 bits per heavy atom. The summed E-state index contributed by atoms with van der Waals surface area (Å²) in [5, 5.41) is 2.48. The number of nitrogens with two attached hydrogens (primary N) is 1. The number of carbonyl (C=O) groups is 2. The Bertz CT molecular complexity index is 506. The van der Waals surface area contributed by atoms with Gasteiger partial charge in [-0.1, -0.05) is 26.3 Å². The molecule has 0 fully saturated rings. The van der Waals surface area contributed by atoms with Gasteiger partial charge < -0.3 is 11.1 Å². The lowest BCUT2D eigenvalue weighted by Gasteiger charge is -2.21. The van der Waals surface area contributed by atoms with Gasteiger partial charge in [0.05, 0.1) is 6.42 Å². The molecule has 0 radical (unpaired) electrons. The van der Waals surface area contributed by atoms with Gasteiger partial charge in [-0.3, -0.25) is 9.59 Å². The summed E-state index contributed by atoms with van der Waals surface area (Å²) in [6, 6.07) is 2.19. The minimum atomic E-state index is -0.795. The maximum Gasteiger partial charge on any atom is 0.240 e. The number of primary amides is 1. The quantitative estimate of drug-likeness (QED) is 0.831. The van der Waals surface area contributed by atoms with Crippen LogP contribution in [0.5, 0.6) is 0 Å². The van der Waals surface area contributed by atoms with Crippen LogP contribution in [0.4, 0.5) is 8.78 Å². The summed E-state index contributed by atoms with van der Waals surface area (Å²) in [5.41, 5.74) is 5.29. The molecule has 1 rings (SSSR count). The Labute approximate surface area is 116 Å². The second-order valence-corrected chi connectivity index (χ2v) is 4.75. The molecule has 0 heterocycles. The second kappa shape index (κ2) is 6.98. The Morgan fingerprint density at radius 2 is 2.00 bits per heavy atom. The van der Waals surface area contributed by atoms with Crippen LogP contribution in [-0.4, -0.2) is 17.9 Å². The van der Waals surface area contributed by atoms with E-state index in [4.69, 9.17) is 5.73 Å². The van der Waals surface area contributed by atoms with E-state index < -0.39 is 29.5 Å². The van der Waals surface area contributed by atoms with Crippen molar-refractivity contribution in [2.45, 2.75) is 32.7 Å². The zero-order chi connectivity index (χ0) is 15.3. The third kappa shape index (κ3) is 4.29. The molecule has 20 heavy (non-hydrogen) atoms. The van der Waals surface area contributed by atoms with Crippen molar-refractivity contribution in [1.29, 1.82) is 0 Å². The molecule has 3 N–H and O–H groups in total. The minimum Gasteiger partial charge on any atom is -0.368 e. The SMILES string of the molecule is CC[C@@H](C)[C@@H](NC(=O)Cc1ccc(F)cc1F)C(N)=O. The van der Waals surface area contributed by atoms with Crippen molar-refractivity contribution in [2.75, 3.05) is 0 Å². The van der Waals surface area contributed by atoms with Crippen LogP contribution < -0.4 is 11.1 Å². The Balaban J connectivity index is 2.73. The number of halogens is 2. The van der Waals surface area contributed by atoms with Crippen LogP contribution in [0, 0.1) is 17.6 Å². The van der Waals surface area contributed by atoms with Crippen molar-refractivity contribution in [3.8, 4) is 0 Å². The number of benzene rings is 1. The summed E-state index contributed by atoms with van der Waals surface area (Å²) in [6.07, 6.45) is 0.394. The molecular formula is C14H18F2N2O2. The lowest BCUT2D eigenvalue weighted by Crippen LogP contribution is -2.48. The van der Waals surface area contributed by atoms with E-state index in [0.717, 1.165) is 6.07 Å². The van der Waals surface area contributed by atoms with Crippen LogP contribution in [0.1, 0.15) is 25.8 Å². The lowest BCUT2D eigenvalue weighted by atomic mass is 9.98. The van der Waals surface area contributed by atoms with E-state index in [0.29, 0.717) is 12.5 Å². The van der Waals surface area contributed by atoms with E-state index in [2.05, 4.69) is 5.32 Å². The molecule has 2 amide bonds. The summed E-state index contributed by atoms with van der Waals surface area (Å²) in [4.78, 5) is 23.1. The molecule has 1 aromatic rings. The number of rotatable bonds is 6. The van der Waals surface area contributed by atoms with Crippen LogP contribution in [-0.2, 0) is 16.0 Å². The van der Waals surface area contributed by atoms with Crippen LogP contribution in [0.15, 0.2) is 18.2 Å². The third-order valence-electron chi connectivity index (χ3n) is 3.20. The number of nitrogens with one attached hydrogen (secondary N) is 1. The molecule has 1 aromatic carbocycles. The molecule has 0 unspecified atom stereocenters. The number of amides is 2. The molecule has 0 saturated heterocycles. The molecule has 0 aliphatic heterocycles. The van der Waals surface area contributed by atoms with E-state index in [1.54, 1.807) is 6.92 Å². The molecular weight excluding hydrogens is 266 g/mol. The molecule has 0 spiro atoms. The van der Waals surface area contributed by atoms with Gasteiger partial charge in [0.15, 0.2) is 0 Å². The van der Waals surface area contributed by atoms with Gasteiger partial charge in [-0.15, -0.1) is 0 Å². The van der Waals surface area contributed by atoms with Crippen molar-refractivity contribution in [3.63, 3.8) is 0 Å². The van der Waals surface area contributed by atoms with E-state index in [1.807, 2.05) is 6.92 Å². The van der Waals surface area contributed by atoms with Crippen LogP contribution >= 0.6 is 0 Å². The van der Waals surface area contributed by atoms with Crippen molar-refractivity contribution < 1.29 is 18.4 Å². The topological polar surface area (TPSA) is 72.2 Å². The normalized spacial score (nSPS) is 13.6. The highest BCUT2D eigenvalue weighted by molar-refractivity contribution is 5.87. The smallest absolute Gasteiger partial charge is 0.240 e. The van der Waals surface area contributed by atoms with Gasteiger partial charge in [0.2, 0.25) is 11.8 Å². The van der Waals surface area contributed by atoms with E-state index in [1.165, 1.54) is 6.07 Å². The summed E-state index contributed by atoms with van der Waals surface area (Å²) in [6.45, 7) is 3.65. The van der Waals surface area contributed by atoms with Gasteiger partial charge in [-0.05, 0) is 17.5 Å². The monoisotopic (exact) mass is 284 g/mol. The fourth-order valence-electron chi connectivity index (χ4n) is 1.79. The van der Waals surface area contributed by atoms with E-state index in [-0.39, 0.29) is 17.9 Å². The van der Waals surface area contributed by atoms with Crippen molar-refractivity contribution in [3.05, 3.63) is 35.4 Å². The van der Waals surface area contributed by atoms with E-state index >= 15 is 0 Å². The van der Waals surface area contributed by atoms with Crippen molar-refractivity contribution in [1.82, 2.24) is 5.32 Å². The molecule has 110 valence electrons. The first-order valence-electron chi connectivity index (χ1n) is 6.37. The zero-order valence-corrected chi connectivity index (χ0v) is 11.5. The largest absolute Gasteiger partial charge is 0.368 e. The summed E-state index contributed by atoms with van der Waals surface area (Å²) in [5.74, 6) is -2.78. The Kier molecular flexibility index (Phi) is 5.61. The van der Waals surface area contributed by atoms with E-state index in [9.17, 15) is 18.4 Å². The average molecular weight is 284 g/mol. The third-order valence-corrected chi connectivity index (χ3v) is 3.20. The average Bonchev–Trinajstić information content (AvgIpc) is 2.38. The fraction of sp³-hybridized carbons (Fsp3) is 0.429.